The number of carbonyl (C=O) groups is 2. The molecule has 0 atom stereocenters. The summed E-state index contributed by atoms with van der Waals surface area (Å²) in [7, 11) is 0. The van der Waals surface area contributed by atoms with E-state index in [2.05, 4.69) is 18.0 Å². The van der Waals surface area contributed by atoms with Crippen molar-refractivity contribution < 1.29 is 24.2 Å². The number of fused-ring (bicyclic) bond motifs is 1. The van der Waals surface area contributed by atoms with Crippen molar-refractivity contribution in [3.8, 4) is 16.3 Å². The van der Waals surface area contributed by atoms with Crippen LogP contribution in [0.15, 0.2) is 36.0 Å². The third kappa shape index (κ3) is 5.27. The number of amides is 1. The molecule has 1 saturated heterocycles. The van der Waals surface area contributed by atoms with E-state index < -0.39 is 0 Å². The molecule has 29 heavy (non-hydrogen) atoms. The van der Waals surface area contributed by atoms with Gasteiger partial charge >= 0.3 is 0 Å². The van der Waals surface area contributed by atoms with Crippen molar-refractivity contribution in [2.24, 2.45) is 0 Å². The number of thiazole rings is 1. The zero-order valence-corrected chi connectivity index (χ0v) is 16.7. The van der Waals surface area contributed by atoms with Gasteiger partial charge in [-0.15, -0.1) is 11.3 Å². The molecule has 0 spiro atoms. The summed E-state index contributed by atoms with van der Waals surface area (Å²) in [6, 6.07) is 7.83. The number of pyridine rings is 1. The average Bonchev–Trinajstić information content (AvgIpc) is 3.28. The highest BCUT2D eigenvalue weighted by Crippen LogP contribution is 2.28. The molecule has 0 unspecified atom stereocenters. The zero-order valence-electron chi connectivity index (χ0n) is 15.9. The van der Waals surface area contributed by atoms with Crippen LogP contribution in [0.25, 0.3) is 21.5 Å². The number of carbonyl (C=O) groups excluding carboxylic acids is 1. The van der Waals surface area contributed by atoms with E-state index in [1.807, 2.05) is 24.4 Å². The van der Waals surface area contributed by atoms with Crippen molar-refractivity contribution in [2.75, 3.05) is 32.9 Å². The van der Waals surface area contributed by atoms with Gasteiger partial charge in [-0.05, 0) is 30.7 Å². The highest BCUT2D eigenvalue weighted by atomic mass is 32.1. The second-order valence-electron chi connectivity index (χ2n) is 6.26. The highest BCUT2D eigenvalue weighted by Gasteiger charge is 2.17. The number of hydrogen-bond acceptors (Lipinski definition) is 7. The number of benzene rings is 1. The fraction of sp³-hybridized carbons (Fsp3) is 0.300. The summed E-state index contributed by atoms with van der Waals surface area (Å²) in [6.45, 7) is 4.27. The molecule has 0 saturated carbocycles. The maximum atomic E-state index is 12.2. The summed E-state index contributed by atoms with van der Waals surface area (Å²) in [5.74, 6) is 0.628. The Hall–Kier alpha value is -3.04. The van der Waals surface area contributed by atoms with Crippen LogP contribution >= 0.6 is 11.3 Å². The molecule has 1 amide bonds. The van der Waals surface area contributed by atoms with Crippen molar-refractivity contribution in [1.29, 1.82) is 0 Å². The van der Waals surface area contributed by atoms with Gasteiger partial charge in [0.25, 0.3) is 12.4 Å². The molecule has 0 radical (unpaired) electrons. The minimum absolute atomic E-state index is 0.0176. The van der Waals surface area contributed by atoms with Gasteiger partial charge in [0.15, 0.2) is 6.61 Å². The van der Waals surface area contributed by atoms with E-state index in [9.17, 15) is 4.79 Å². The Balaban J connectivity index is 0.000000755. The second-order valence-corrected chi connectivity index (χ2v) is 7.14. The first-order valence-corrected chi connectivity index (χ1v) is 9.86. The van der Waals surface area contributed by atoms with Gasteiger partial charge in [-0.1, -0.05) is 0 Å². The molecule has 9 heteroatoms. The SMILES string of the molecule is Cc1cc(-c2cncs2)nc2cc(OCC(=O)N3CCOCC3)ccc12.O=CO. The molecule has 1 aromatic carbocycles. The fourth-order valence-corrected chi connectivity index (χ4v) is 3.57. The molecular formula is C20H21N3O5S. The minimum atomic E-state index is -0.250. The van der Waals surface area contributed by atoms with E-state index in [1.165, 1.54) is 0 Å². The van der Waals surface area contributed by atoms with E-state index in [-0.39, 0.29) is 19.0 Å². The molecule has 3 aromatic rings. The molecular weight excluding hydrogens is 394 g/mol. The van der Waals surface area contributed by atoms with Crippen LogP contribution in [0.5, 0.6) is 5.75 Å². The van der Waals surface area contributed by atoms with Gasteiger partial charge in [0.2, 0.25) is 0 Å². The van der Waals surface area contributed by atoms with Crippen LogP contribution in [-0.4, -0.2) is 65.3 Å². The summed E-state index contributed by atoms with van der Waals surface area (Å²) in [5.41, 5.74) is 4.70. The fourth-order valence-electron chi connectivity index (χ4n) is 2.99. The Morgan fingerprint density at radius 1 is 1.34 bits per heavy atom. The molecule has 2 aromatic heterocycles. The van der Waals surface area contributed by atoms with Crippen LogP contribution in [0.4, 0.5) is 0 Å². The number of nitrogens with zero attached hydrogens (tertiary/aromatic N) is 3. The van der Waals surface area contributed by atoms with Crippen LogP contribution < -0.4 is 4.74 Å². The quantitative estimate of drug-likeness (QED) is 0.654. The predicted molar refractivity (Wildman–Crippen MR) is 109 cm³/mol. The molecule has 152 valence electrons. The Morgan fingerprint density at radius 3 is 2.79 bits per heavy atom. The number of carboxylic acid groups (broad SMARTS) is 1. The lowest BCUT2D eigenvalue weighted by atomic mass is 10.1. The number of ether oxygens (including phenoxy) is 2. The highest BCUT2D eigenvalue weighted by molar-refractivity contribution is 7.13. The first-order valence-electron chi connectivity index (χ1n) is 8.99. The van der Waals surface area contributed by atoms with Gasteiger partial charge < -0.3 is 19.5 Å². The third-order valence-electron chi connectivity index (χ3n) is 4.40. The molecule has 1 aliphatic heterocycles. The van der Waals surface area contributed by atoms with Crippen LogP contribution in [0.1, 0.15) is 5.56 Å². The Kier molecular flexibility index (Phi) is 7.09. The molecule has 8 nitrogen and oxygen atoms in total. The Labute approximate surface area is 171 Å². The van der Waals surface area contributed by atoms with Crippen molar-refractivity contribution in [3.63, 3.8) is 0 Å². The van der Waals surface area contributed by atoms with Crippen LogP contribution in [0.3, 0.4) is 0 Å². The van der Waals surface area contributed by atoms with E-state index in [4.69, 9.17) is 24.4 Å². The number of morpholine rings is 1. The molecule has 0 aliphatic carbocycles. The first kappa shape index (κ1) is 20.7. The lowest BCUT2D eigenvalue weighted by molar-refractivity contribution is -0.137. The number of aryl methyl sites for hydroxylation is 1. The summed E-state index contributed by atoms with van der Waals surface area (Å²) in [6.07, 6.45) is 1.82. The van der Waals surface area contributed by atoms with Crippen molar-refractivity contribution in [1.82, 2.24) is 14.9 Å². The van der Waals surface area contributed by atoms with Crippen molar-refractivity contribution >= 4 is 34.6 Å². The molecule has 3 heterocycles. The zero-order chi connectivity index (χ0) is 20.6. The average molecular weight is 415 g/mol. The lowest BCUT2D eigenvalue weighted by Crippen LogP contribution is -2.42. The van der Waals surface area contributed by atoms with Crippen LogP contribution in [0.2, 0.25) is 0 Å². The maximum absolute atomic E-state index is 12.2. The van der Waals surface area contributed by atoms with E-state index in [0.29, 0.717) is 32.1 Å². The lowest BCUT2D eigenvalue weighted by Gasteiger charge is -2.26. The van der Waals surface area contributed by atoms with E-state index in [0.717, 1.165) is 27.0 Å². The molecule has 1 fully saturated rings. The number of aromatic nitrogens is 2. The van der Waals surface area contributed by atoms with Gasteiger partial charge in [-0.2, -0.15) is 0 Å². The Bertz CT molecular complexity index is 972. The second kappa shape index (κ2) is 9.94. The summed E-state index contributed by atoms with van der Waals surface area (Å²) >= 11 is 1.56. The molecule has 4 rings (SSSR count). The number of rotatable bonds is 4. The van der Waals surface area contributed by atoms with Gasteiger partial charge in [0, 0.05) is 30.7 Å². The minimum Gasteiger partial charge on any atom is -0.484 e. The topological polar surface area (TPSA) is 102 Å². The van der Waals surface area contributed by atoms with Crippen LogP contribution in [-0.2, 0) is 14.3 Å². The van der Waals surface area contributed by atoms with Crippen molar-refractivity contribution in [2.45, 2.75) is 6.92 Å². The van der Waals surface area contributed by atoms with E-state index in [1.54, 1.807) is 21.7 Å². The maximum Gasteiger partial charge on any atom is 0.290 e. The summed E-state index contributed by atoms with van der Waals surface area (Å²) in [5, 5.41) is 7.96. The summed E-state index contributed by atoms with van der Waals surface area (Å²) in [4.78, 5) is 32.2. The van der Waals surface area contributed by atoms with Gasteiger partial charge in [-0.25, -0.2) is 4.98 Å². The predicted octanol–water partition coefficient (Wildman–Crippen LogP) is 2.61. The monoisotopic (exact) mass is 415 g/mol. The molecule has 0 bridgehead atoms. The van der Waals surface area contributed by atoms with Crippen molar-refractivity contribution in [3.05, 3.63) is 41.5 Å². The summed E-state index contributed by atoms with van der Waals surface area (Å²) < 4.78 is 11.0. The third-order valence-corrected chi connectivity index (χ3v) is 5.19. The van der Waals surface area contributed by atoms with E-state index >= 15 is 0 Å². The van der Waals surface area contributed by atoms with Crippen LogP contribution in [0, 0.1) is 6.92 Å². The standard InChI is InChI=1S/C19H19N3O3S.CH2O2/c1-13-8-17(18-10-20-12-26-18)21-16-9-14(2-3-15(13)16)25-11-19(23)22-4-6-24-7-5-22;2-1-3/h2-3,8-10,12H,4-7,11H2,1H3;1H,(H,2,3). The number of hydrogen-bond donors (Lipinski definition) is 1. The van der Waals surface area contributed by atoms with Gasteiger partial charge in [-0.3, -0.25) is 14.6 Å². The van der Waals surface area contributed by atoms with Gasteiger partial charge in [0.05, 0.1) is 34.8 Å². The largest absolute Gasteiger partial charge is 0.484 e. The molecule has 1 N–H and O–H groups in total. The Morgan fingerprint density at radius 2 is 2.10 bits per heavy atom. The smallest absolute Gasteiger partial charge is 0.290 e. The normalized spacial score (nSPS) is 13.5. The first-order chi connectivity index (χ1) is 14.1. The van der Waals surface area contributed by atoms with Gasteiger partial charge in [0.1, 0.15) is 5.75 Å². The molecule has 1 aliphatic rings.